The van der Waals surface area contributed by atoms with Crippen molar-refractivity contribution in [2.24, 2.45) is 7.05 Å². The number of rotatable bonds is 6. The van der Waals surface area contributed by atoms with Crippen molar-refractivity contribution in [1.29, 1.82) is 0 Å². The summed E-state index contributed by atoms with van der Waals surface area (Å²) in [5.41, 5.74) is 3.81. The van der Waals surface area contributed by atoms with Gasteiger partial charge in [0.25, 0.3) is 5.91 Å². The van der Waals surface area contributed by atoms with Crippen LogP contribution in [0.1, 0.15) is 16.1 Å². The van der Waals surface area contributed by atoms with E-state index in [1.54, 1.807) is 30.3 Å². The van der Waals surface area contributed by atoms with Crippen molar-refractivity contribution in [3.63, 3.8) is 0 Å². The van der Waals surface area contributed by atoms with E-state index in [1.807, 2.05) is 66.3 Å². The van der Waals surface area contributed by atoms with Gasteiger partial charge < -0.3 is 14.6 Å². The first-order valence-electron chi connectivity index (χ1n) is 9.19. The first kappa shape index (κ1) is 18.5. The number of nitrogens with one attached hydrogen (secondary N) is 1. The monoisotopic (exact) mass is 387 g/mol. The van der Waals surface area contributed by atoms with Crippen LogP contribution in [0.25, 0.3) is 17.1 Å². The van der Waals surface area contributed by atoms with Gasteiger partial charge in [-0.15, -0.1) is 0 Å². The number of pyridine rings is 1. The SMILES string of the molecule is COc1ccc(-n2nc(-c3cccn3C)cc2C(=O)NCc2cccnc2)cc1. The fraction of sp³-hybridized carbons (Fsp3) is 0.136. The van der Waals surface area contributed by atoms with Crippen LogP contribution in [0.15, 0.2) is 73.2 Å². The van der Waals surface area contributed by atoms with Crippen LogP contribution in [0.5, 0.6) is 5.75 Å². The third-order valence-electron chi connectivity index (χ3n) is 4.64. The first-order chi connectivity index (χ1) is 14.2. The summed E-state index contributed by atoms with van der Waals surface area (Å²) in [6, 6.07) is 16.9. The molecule has 3 aromatic heterocycles. The summed E-state index contributed by atoms with van der Waals surface area (Å²) in [5.74, 6) is 0.531. The van der Waals surface area contributed by atoms with Gasteiger partial charge in [0, 0.05) is 32.2 Å². The molecule has 0 aliphatic carbocycles. The lowest BCUT2D eigenvalue weighted by atomic mass is 10.2. The summed E-state index contributed by atoms with van der Waals surface area (Å²) in [7, 11) is 3.57. The predicted molar refractivity (Wildman–Crippen MR) is 110 cm³/mol. The number of amides is 1. The first-order valence-corrected chi connectivity index (χ1v) is 9.19. The molecule has 3 heterocycles. The van der Waals surface area contributed by atoms with Crippen molar-refractivity contribution < 1.29 is 9.53 Å². The molecular formula is C22H21N5O2. The Morgan fingerprint density at radius 3 is 2.62 bits per heavy atom. The van der Waals surface area contributed by atoms with Gasteiger partial charge >= 0.3 is 0 Å². The minimum atomic E-state index is -0.211. The van der Waals surface area contributed by atoms with Crippen molar-refractivity contribution in [3.05, 3.63) is 84.4 Å². The molecule has 1 aromatic carbocycles. The molecule has 0 spiro atoms. The Bertz CT molecular complexity index is 1110. The van der Waals surface area contributed by atoms with Crippen LogP contribution in [0, 0.1) is 0 Å². The maximum Gasteiger partial charge on any atom is 0.270 e. The maximum absolute atomic E-state index is 13.0. The van der Waals surface area contributed by atoms with Crippen LogP contribution in [0.3, 0.4) is 0 Å². The number of benzene rings is 1. The molecule has 0 bridgehead atoms. The molecule has 0 unspecified atom stereocenters. The van der Waals surface area contributed by atoms with Crippen molar-refractivity contribution in [2.75, 3.05) is 7.11 Å². The quantitative estimate of drug-likeness (QED) is 0.551. The molecule has 0 fully saturated rings. The Morgan fingerprint density at radius 2 is 1.97 bits per heavy atom. The standard InChI is InChI=1S/C22H21N5O2/c1-26-12-4-6-20(26)19-13-21(22(28)24-15-16-5-3-11-23-14-16)27(25-19)17-7-9-18(29-2)10-8-17/h3-14H,15H2,1-2H3,(H,24,28). The lowest BCUT2D eigenvalue weighted by molar-refractivity contribution is 0.0943. The Kier molecular flexibility index (Phi) is 5.11. The molecule has 4 rings (SSSR count). The number of aryl methyl sites for hydroxylation is 1. The molecular weight excluding hydrogens is 366 g/mol. The van der Waals surface area contributed by atoms with Gasteiger partial charge in [-0.1, -0.05) is 6.07 Å². The third-order valence-corrected chi connectivity index (χ3v) is 4.64. The Labute approximate surface area is 168 Å². The fourth-order valence-corrected chi connectivity index (χ4v) is 3.09. The summed E-state index contributed by atoms with van der Waals surface area (Å²) >= 11 is 0. The second kappa shape index (κ2) is 8.02. The molecule has 0 saturated carbocycles. The van der Waals surface area contributed by atoms with Gasteiger partial charge in [0.2, 0.25) is 0 Å². The molecule has 1 amide bonds. The second-order valence-electron chi connectivity index (χ2n) is 6.57. The van der Waals surface area contributed by atoms with Crippen LogP contribution in [-0.2, 0) is 13.6 Å². The average molecular weight is 387 g/mol. The van der Waals surface area contributed by atoms with E-state index in [9.17, 15) is 4.79 Å². The molecule has 29 heavy (non-hydrogen) atoms. The number of carbonyl (C=O) groups excluding carboxylic acids is 1. The molecule has 4 aromatic rings. The van der Waals surface area contributed by atoms with E-state index in [4.69, 9.17) is 9.84 Å². The highest BCUT2D eigenvalue weighted by Gasteiger charge is 2.18. The average Bonchev–Trinajstić information content (AvgIpc) is 3.39. The largest absolute Gasteiger partial charge is 0.497 e. The molecule has 0 atom stereocenters. The summed E-state index contributed by atoms with van der Waals surface area (Å²) in [4.78, 5) is 17.1. The predicted octanol–water partition coefficient (Wildman–Crippen LogP) is 3.21. The van der Waals surface area contributed by atoms with E-state index in [1.165, 1.54) is 0 Å². The van der Waals surface area contributed by atoms with Gasteiger partial charge in [-0.05, 0) is 54.1 Å². The topological polar surface area (TPSA) is 74.0 Å². The zero-order chi connectivity index (χ0) is 20.2. The van der Waals surface area contributed by atoms with Gasteiger partial charge in [0.15, 0.2) is 0 Å². The maximum atomic E-state index is 13.0. The molecule has 0 saturated heterocycles. The molecule has 7 nitrogen and oxygen atoms in total. The number of ether oxygens (including phenoxy) is 1. The fourth-order valence-electron chi connectivity index (χ4n) is 3.09. The Morgan fingerprint density at radius 1 is 1.14 bits per heavy atom. The molecule has 7 heteroatoms. The summed E-state index contributed by atoms with van der Waals surface area (Å²) in [6.45, 7) is 0.389. The van der Waals surface area contributed by atoms with Crippen molar-refractivity contribution in [2.45, 2.75) is 6.54 Å². The minimum absolute atomic E-state index is 0.211. The lowest BCUT2D eigenvalue weighted by Gasteiger charge is -2.09. The van der Waals surface area contributed by atoms with Crippen molar-refractivity contribution in [3.8, 4) is 22.8 Å². The Balaban J connectivity index is 1.69. The van der Waals surface area contributed by atoms with E-state index in [2.05, 4.69) is 10.3 Å². The highest BCUT2D eigenvalue weighted by atomic mass is 16.5. The minimum Gasteiger partial charge on any atom is -0.497 e. The number of carbonyl (C=O) groups is 1. The van der Waals surface area contributed by atoms with E-state index in [0.29, 0.717) is 12.2 Å². The van der Waals surface area contributed by atoms with Gasteiger partial charge in [0.05, 0.1) is 18.5 Å². The zero-order valence-electron chi connectivity index (χ0n) is 16.2. The smallest absolute Gasteiger partial charge is 0.270 e. The highest BCUT2D eigenvalue weighted by molar-refractivity contribution is 5.94. The highest BCUT2D eigenvalue weighted by Crippen LogP contribution is 2.23. The van der Waals surface area contributed by atoms with Crippen LogP contribution in [-0.4, -0.2) is 32.3 Å². The van der Waals surface area contributed by atoms with E-state index >= 15 is 0 Å². The second-order valence-corrected chi connectivity index (χ2v) is 6.57. The number of methoxy groups -OCH3 is 1. The van der Waals surface area contributed by atoms with Gasteiger partial charge in [-0.2, -0.15) is 5.10 Å². The molecule has 1 N–H and O–H groups in total. The van der Waals surface area contributed by atoms with E-state index in [-0.39, 0.29) is 5.91 Å². The van der Waals surface area contributed by atoms with Crippen molar-refractivity contribution in [1.82, 2.24) is 24.6 Å². The zero-order valence-corrected chi connectivity index (χ0v) is 16.2. The summed E-state index contributed by atoms with van der Waals surface area (Å²) in [6.07, 6.45) is 5.39. The van der Waals surface area contributed by atoms with Crippen LogP contribution < -0.4 is 10.1 Å². The molecule has 0 radical (unpaired) electrons. The number of hydrogen-bond donors (Lipinski definition) is 1. The normalized spacial score (nSPS) is 10.7. The molecule has 0 aliphatic rings. The molecule has 146 valence electrons. The Hall–Kier alpha value is -3.87. The van der Waals surface area contributed by atoms with Gasteiger partial charge in [-0.3, -0.25) is 9.78 Å². The van der Waals surface area contributed by atoms with Gasteiger partial charge in [-0.25, -0.2) is 4.68 Å². The third kappa shape index (κ3) is 3.89. The van der Waals surface area contributed by atoms with E-state index in [0.717, 1.165) is 28.4 Å². The van der Waals surface area contributed by atoms with Crippen LogP contribution in [0.2, 0.25) is 0 Å². The summed E-state index contributed by atoms with van der Waals surface area (Å²) in [5, 5.41) is 7.65. The molecule has 0 aliphatic heterocycles. The van der Waals surface area contributed by atoms with Crippen molar-refractivity contribution >= 4 is 5.91 Å². The number of aromatic nitrogens is 4. The van der Waals surface area contributed by atoms with Crippen LogP contribution >= 0.6 is 0 Å². The number of hydrogen-bond acceptors (Lipinski definition) is 4. The number of nitrogens with zero attached hydrogens (tertiary/aromatic N) is 4. The lowest BCUT2D eigenvalue weighted by Crippen LogP contribution is -2.25. The van der Waals surface area contributed by atoms with E-state index < -0.39 is 0 Å². The van der Waals surface area contributed by atoms with Crippen LogP contribution in [0.4, 0.5) is 0 Å². The summed E-state index contributed by atoms with van der Waals surface area (Å²) < 4.78 is 8.86. The van der Waals surface area contributed by atoms with Gasteiger partial charge in [0.1, 0.15) is 17.1 Å².